The number of benzene rings is 2. The first-order chi connectivity index (χ1) is 11.5. The number of amides is 2. The Hall–Kier alpha value is -2.24. The van der Waals surface area contributed by atoms with Gasteiger partial charge in [0.25, 0.3) is 0 Å². The molecule has 0 radical (unpaired) electrons. The molecular weight excluding hydrogens is 347 g/mol. The topological polar surface area (TPSA) is 84.7 Å². The highest BCUT2D eigenvalue weighted by Crippen LogP contribution is 2.37. The first-order valence-electron chi connectivity index (χ1n) is 7.41. The standard InChI is InChI=1S/C17H16Cl2N4O/c18-14-6-2-5-12(15(14)19)11-4-1-3-10-7-8-23(9-13(10)11)17(24)22-16(20)21/h1-6H,7-9H2,(H4,20,21,22,24). The maximum absolute atomic E-state index is 12.1. The summed E-state index contributed by atoms with van der Waals surface area (Å²) in [7, 11) is 0. The van der Waals surface area contributed by atoms with E-state index < -0.39 is 6.03 Å². The number of guanidine groups is 1. The van der Waals surface area contributed by atoms with Crippen LogP contribution in [0.4, 0.5) is 4.79 Å². The van der Waals surface area contributed by atoms with E-state index in [1.54, 1.807) is 11.0 Å². The second-order valence-corrected chi connectivity index (χ2v) is 6.32. The molecule has 0 spiro atoms. The fourth-order valence-corrected chi connectivity index (χ4v) is 3.29. The number of urea groups is 1. The monoisotopic (exact) mass is 362 g/mol. The Morgan fingerprint density at radius 3 is 2.54 bits per heavy atom. The lowest BCUT2D eigenvalue weighted by Crippen LogP contribution is -2.36. The van der Waals surface area contributed by atoms with Crippen molar-refractivity contribution in [2.24, 2.45) is 16.5 Å². The van der Waals surface area contributed by atoms with Gasteiger partial charge in [0.1, 0.15) is 0 Å². The number of rotatable bonds is 1. The third kappa shape index (κ3) is 3.18. The molecule has 0 saturated carbocycles. The van der Waals surface area contributed by atoms with Crippen molar-refractivity contribution in [3.8, 4) is 11.1 Å². The molecule has 0 atom stereocenters. The maximum Gasteiger partial charge on any atom is 0.347 e. The molecule has 1 aliphatic heterocycles. The van der Waals surface area contributed by atoms with Crippen LogP contribution >= 0.6 is 23.2 Å². The zero-order chi connectivity index (χ0) is 17.3. The Balaban J connectivity index is 2.03. The highest BCUT2D eigenvalue weighted by atomic mass is 35.5. The van der Waals surface area contributed by atoms with Crippen LogP contribution in [-0.4, -0.2) is 23.4 Å². The van der Waals surface area contributed by atoms with Crippen molar-refractivity contribution in [2.45, 2.75) is 13.0 Å². The molecule has 4 N–H and O–H groups in total. The van der Waals surface area contributed by atoms with E-state index in [0.29, 0.717) is 23.1 Å². The summed E-state index contributed by atoms with van der Waals surface area (Å²) < 4.78 is 0. The number of carbonyl (C=O) groups excluding carboxylic acids is 1. The molecule has 3 rings (SSSR count). The van der Waals surface area contributed by atoms with Gasteiger partial charge in [-0.3, -0.25) is 0 Å². The van der Waals surface area contributed by atoms with Gasteiger partial charge in [0.05, 0.1) is 10.0 Å². The maximum atomic E-state index is 12.1. The van der Waals surface area contributed by atoms with Gasteiger partial charge in [-0.05, 0) is 29.2 Å². The Bertz CT molecular complexity index is 831. The highest BCUT2D eigenvalue weighted by molar-refractivity contribution is 6.43. The van der Waals surface area contributed by atoms with E-state index in [0.717, 1.165) is 23.1 Å². The number of fused-ring (bicyclic) bond motifs is 1. The van der Waals surface area contributed by atoms with Crippen molar-refractivity contribution in [3.63, 3.8) is 0 Å². The molecule has 7 heteroatoms. The highest BCUT2D eigenvalue weighted by Gasteiger charge is 2.23. The minimum Gasteiger partial charge on any atom is -0.370 e. The number of nitrogens with zero attached hydrogens (tertiary/aromatic N) is 2. The second kappa shape index (κ2) is 6.71. The van der Waals surface area contributed by atoms with Crippen LogP contribution in [-0.2, 0) is 13.0 Å². The lowest BCUT2D eigenvalue weighted by molar-refractivity contribution is 0.203. The predicted molar refractivity (Wildman–Crippen MR) is 97.2 cm³/mol. The molecule has 0 aliphatic carbocycles. The van der Waals surface area contributed by atoms with Crippen molar-refractivity contribution in [1.29, 1.82) is 0 Å². The summed E-state index contributed by atoms with van der Waals surface area (Å²) in [6.07, 6.45) is 0.729. The zero-order valence-electron chi connectivity index (χ0n) is 12.8. The number of nitrogens with two attached hydrogens (primary N) is 2. The third-order valence-corrected chi connectivity index (χ3v) is 4.83. The van der Waals surface area contributed by atoms with Crippen LogP contribution in [0.3, 0.4) is 0 Å². The van der Waals surface area contributed by atoms with E-state index >= 15 is 0 Å². The number of aliphatic imine (C=N–C) groups is 1. The number of carbonyl (C=O) groups is 1. The molecule has 2 amide bonds. The van der Waals surface area contributed by atoms with Crippen LogP contribution in [0, 0.1) is 0 Å². The summed E-state index contributed by atoms with van der Waals surface area (Å²) in [5.41, 5.74) is 14.6. The van der Waals surface area contributed by atoms with Gasteiger partial charge in [0.15, 0.2) is 5.96 Å². The molecule has 0 saturated heterocycles. The molecule has 124 valence electrons. The van der Waals surface area contributed by atoms with Crippen LogP contribution in [0.2, 0.25) is 10.0 Å². The average Bonchev–Trinajstić information content (AvgIpc) is 2.56. The van der Waals surface area contributed by atoms with Gasteiger partial charge in [-0.15, -0.1) is 0 Å². The number of halogens is 2. The smallest absolute Gasteiger partial charge is 0.347 e. The first kappa shape index (κ1) is 16.6. The summed E-state index contributed by atoms with van der Waals surface area (Å²) in [5.74, 6) is -0.239. The molecule has 24 heavy (non-hydrogen) atoms. The van der Waals surface area contributed by atoms with Crippen LogP contribution in [0.15, 0.2) is 41.4 Å². The summed E-state index contributed by atoms with van der Waals surface area (Å²) in [6, 6.07) is 11.1. The van der Waals surface area contributed by atoms with Crippen LogP contribution in [0.5, 0.6) is 0 Å². The van der Waals surface area contributed by atoms with E-state index in [2.05, 4.69) is 11.1 Å². The summed E-state index contributed by atoms with van der Waals surface area (Å²) >= 11 is 12.5. The molecule has 1 heterocycles. The lowest BCUT2D eigenvalue weighted by Gasteiger charge is -2.29. The normalized spacial score (nSPS) is 13.3. The van der Waals surface area contributed by atoms with Crippen molar-refractivity contribution in [1.82, 2.24) is 4.90 Å². The quantitative estimate of drug-likeness (QED) is 0.602. The van der Waals surface area contributed by atoms with Gasteiger partial charge < -0.3 is 16.4 Å². The molecule has 1 aliphatic rings. The van der Waals surface area contributed by atoms with Gasteiger partial charge >= 0.3 is 6.03 Å². The lowest BCUT2D eigenvalue weighted by atomic mass is 9.91. The van der Waals surface area contributed by atoms with Crippen LogP contribution in [0.1, 0.15) is 11.1 Å². The number of hydrogen-bond donors (Lipinski definition) is 2. The molecule has 5 nitrogen and oxygen atoms in total. The molecule has 0 aromatic heterocycles. The average molecular weight is 363 g/mol. The van der Waals surface area contributed by atoms with E-state index in [1.165, 1.54) is 5.56 Å². The zero-order valence-corrected chi connectivity index (χ0v) is 14.3. The minimum atomic E-state index is -0.437. The SMILES string of the molecule is NC(N)=NC(=O)N1CCc2cccc(-c3cccc(Cl)c3Cl)c2C1. The van der Waals surface area contributed by atoms with E-state index in [1.807, 2.05) is 24.3 Å². The Kier molecular flexibility index (Phi) is 4.64. The Morgan fingerprint density at radius 1 is 1.08 bits per heavy atom. The second-order valence-electron chi connectivity index (χ2n) is 5.54. The fourth-order valence-electron chi connectivity index (χ4n) is 2.89. The van der Waals surface area contributed by atoms with Gasteiger partial charge in [0.2, 0.25) is 0 Å². The Morgan fingerprint density at radius 2 is 1.79 bits per heavy atom. The third-order valence-electron chi connectivity index (χ3n) is 4.01. The molecule has 0 unspecified atom stereocenters. The van der Waals surface area contributed by atoms with Crippen molar-refractivity contribution < 1.29 is 4.79 Å². The fraction of sp³-hybridized carbons (Fsp3) is 0.176. The van der Waals surface area contributed by atoms with Gasteiger partial charge in [-0.25, -0.2) is 4.79 Å². The predicted octanol–water partition coefficient (Wildman–Crippen LogP) is 3.41. The van der Waals surface area contributed by atoms with Gasteiger partial charge in [-0.1, -0.05) is 53.5 Å². The molecule has 0 bridgehead atoms. The summed E-state index contributed by atoms with van der Waals surface area (Å²) in [4.78, 5) is 17.4. The van der Waals surface area contributed by atoms with E-state index in [4.69, 9.17) is 34.7 Å². The molecule has 0 fully saturated rings. The Labute approximate surface area is 149 Å². The largest absolute Gasteiger partial charge is 0.370 e. The molecule has 2 aromatic carbocycles. The van der Waals surface area contributed by atoms with Crippen molar-refractivity contribution >= 4 is 35.2 Å². The summed E-state index contributed by atoms with van der Waals surface area (Å²) in [6.45, 7) is 0.985. The van der Waals surface area contributed by atoms with Gasteiger partial charge in [0, 0.05) is 18.7 Å². The van der Waals surface area contributed by atoms with Crippen LogP contribution in [0.25, 0.3) is 11.1 Å². The molecule has 2 aromatic rings. The van der Waals surface area contributed by atoms with E-state index in [9.17, 15) is 4.79 Å². The van der Waals surface area contributed by atoms with Crippen molar-refractivity contribution in [3.05, 3.63) is 57.6 Å². The van der Waals surface area contributed by atoms with E-state index in [-0.39, 0.29) is 5.96 Å². The number of hydrogen-bond acceptors (Lipinski definition) is 1. The van der Waals surface area contributed by atoms with Crippen molar-refractivity contribution in [2.75, 3.05) is 6.54 Å². The summed E-state index contributed by atoms with van der Waals surface area (Å²) in [5, 5.41) is 0.997. The molecular formula is C17H16Cl2N4O. The van der Waals surface area contributed by atoms with Gasteiger partial charge in [-0.2, -0.15) is 4.99 Å². The minimum absolute atomic E-state index is 0.239. The van der Waals surface area contributed by atoms with Crippen LogP contribution < -0.4 is 11.5 Å². The first-order valence-corrected chi connectivity index (χ1v) is 8.16.